The molecule has 0 spiro atoms. The van der Waals surface area contributed by atoms with Crippen molar-refractivity contribution in [2.24, 2.45) is 0 Å². The Labute approximate surface area is 154 Å². The fraction of sp³-hybridized carbons (Fsp3) is 0.350. The molecule has 134 valence electrons. The normalized spacial score (nSPS) is 11.7. The van der Waals surface area contributed by atoms with Gasteiger partial charge < -0.3 is 14.8 Å². The van der Waals surface area contributed by atoms with Crippen molar-refractivity contribution in [1.82, 2.24) is 5.32 Å². The van der Waals surface area contributed by atoms with Crippen LogP contribution in [0.3, 0.4) is 0 Å². The van der Waals surface area contributed by atoms with Crippen molar-refractivity contribution in [3.63, 3.8) is 0 Å². The standard InChI is InChI=1S/C20H24ClNO3/c1-4-14(15-9-7-6-8-10-15)13-22-20(23)16-11-17(21)19(25-5-2)18(12-16)24-3/h6-12,14H,4-5,13H2,1-3H3,(H,22,23). The van der Waals surface area contributed by atoms with Crippen molar-refractivity contribution in [2.45, 2.75) is 26.2 Å². The molecule has 5 heteroatoms. The zero-order valence-corrected chi connectivity index (χ0v) is 15.6. The highest BCUT2D eigenvalue weighted by Gasteiger charge is 2.17. The lowest BCUT2D eigenvalue weighted by Crippen LogP contribution is -2.28. The zero-order chi connectivity index (χ0) is 18.2. The minimum Gasteiger partial charge on any atom is -0.493 e. The van der Waals surface area contributed by atoms with E-state index in [0.29, 0.717) is 35.2 Å². The third-order valence-electron chi connectivity index (χ3n) is 4.05. The molecule has 1 atom stereocenters. The van der Waals surface area contributed by atoms with Gasteiger partial charge in [0, 0.05) is 18.0 Å². The summed E-state index contributed by atoms with van der Waals surface area (Å²) in [5.74, 6) is 0.997. The van der Waals surface area contributed by atoms with Crippen molar-refractivity contribution in [1.29, 1.82) is 0 Å². The van der Waals surface area contributed by atoms with Crippen LogP contribution in [0, 0.1) is 0 Å². The van der Waals surface area contributed by atoms with E-state index < -0.39 is 0 Å². The van der Waals surface area contributed by atoms with E-state index in [-0.39, 0.29) is 11.8 Å². The summed E-state index contributed by atoms with van der Waals surface area (Å²) >= 11 is 6.24. The van der Waals surface area contributed by atoms with Gasteiger partial charge in [-0.05, 0) is 31.0 Å². The van der Waals surface area contributed by atoms with Crippen LogP contribution in [0.25, 0.3) is 0 Å². The summed E-state index contributed by atoms with van der Waals surface area (Å²) in [6.07, 6.45) is 0.942. The van der Waals surface area contributed by atoms with E-state index in [1.165, 1.54) is 12.7 Å². The first-order valence-corrected chi connectivity index (χ1v) is 8.81. The third-order valence-corrected chi connectivity index (χ3v) is 4.33. The topological polar surface area (TPSA) is 47.6 Å². The second-order valence-corrected chi connectivity index (χ2v) is 6.06. The molecular weight excluding hydrogens is 338 g/mol. The minimum atomic E-state index is -0.183. The molecule has 25 heavy (non-hydrogen) atoms. The Morgan fingerprint density at radius 3 is 2.52 bits per heavy atom. The first-order chi connectivity index (χ1) is 12.1. The zero-order valence-electron chi connectivity index (χ0n) is 14.8. The Morgan fingerprint density at radius 1 is 1.20 bits per heavy atom. The number of nitrogens with one attached hydrogen (secondary N) is 1. The van der Waals surface area contributed by atoms with Gasteiger partial charge in [-0.1, -0.05) is 48.9 Å². The van der Waals surface area contributed by atoms with Gasteiger partial charge in [-0.15, -0.1) is 0 Å². The SMILES string of the molecule is CCOc1c(Cl)cc(C(=O)NCC(CC)c2ccccc2)cc1OC. The van der Waals surface area contributed by atoms with Gasteiger partial charge in [0.15, 0.2) is 11.5 Å². The number of carbonyl (C=O) groups is 1. The number of hydrogen-bond donors (Lipinski definition) is 1. The minimum absolute atomic E-state index is 0.183. The molecule has 2 rings (SSSR count). The molecule has 0 bridgehead atoms. The van der Waals surface area contributed by atoms with E-state index in [1.54, 1.807) is 12.1 Å². The third kappa shape index (κ3) is 4.89. The average molecular weight is 362 g/mol. The Bertz CT molecular complexity index is 704. The highest BCUT2D eigenvalue weighted by atomic mass is 35.5. The predicted molar refractivity (Wildman–Crippen MR) is 101 cm³/mol. The van der Waals surface area contributed by atoms with Gasteiger partial charge in [0.1, 0.15) is 0 Å². The lowest BCUT2D eigenvalue weighted by Gasteiger charge is -2.17. The Balaban J connectivity index is 2.11. The summed E-state index contributed by atoms with van der Waals surface area (Å²) in [4.78, 5) is 12.5. The highest BCUT2D eigenvalue weighted by Crippen LogP contribution is 2.36. The Morgan fingerprint density at radius 2 is 1.92 bits per heavy atom. The highest BCUT2D eigenvalue weighted by molar-refractivity contribution is 6.32. The van der Waals surface area contributed by atoms with E-state index in [1.807, 2.05) is 25.1 Å². The first kappa shape index (κ1) is 19.1. The molecule has 0 aliphatic carbocycles. The van der Waals surface area contributed by atoms with Crippen LogP contribution in [-0.4, -0.2) is 26.2 Å². The van der Waals surface area contributed by atoms with Gasteiger partial charge in [-0.2, -0.15) is 0 Å². The van der Waals surface area contributed by atoms with Crippen LogP contribution in [0.4, 0.5) is 0 Å². The quantitative estimate of drug-likeness (QED) is 0.743. The maximum absolute atomic E-state index is 12.5. The van der Waals surface area contributed by atoms with E-state index >= 15 is 0 Å². The van der Waals surface area contributed by atoms with E-state index in [9.17, 15) is 4.79 Å². The van der Waals surface area contributed by atoms with Gasteiger partial charge in [-0.3, -0.25) is 4.79 Å². The molecule has 1 N–H and O–H groups in total. The Kier molecular flexibility index (Phi) is 7.14. The number of methoxy groups -OCH3 is 1. The smallest absolute Gasteiger partial charge is 0.251 e. The molecule has 0 radical (unpaired) electrons. The van der Waals surface area contributed by atoms with Gasteiger partial charge >= 0.3 is 0 Å². The van der Waals surface area contributed by atoms with Crippen molar-refractivity contribution in [3.8, 4) is 11.5 Å². The van der Waals surface area contributed by atoms with Crippen LogP contribution >= 0.6 is 11.6 Å². The van der Waals surface area contributed by atoms with Crippen molar-refractivity contribution < 1.29 is 14.3 Å². The number of hydrogen-bond acceptors (Lipinski definition) is 3. The molecule has 2 aromatic carbocycles. The van der Waals surface area contributed by atoms with Crippen LogP contribution < -0.4 is 14.8 Å². The van der Waals surface area contributed by atoms with Crippen molar-refractivity contribution in [3.05, 3.63) is 58.6 Å². The number of rotatable bonds is 8. The number of benzene rings is 2. The fourth-order valence-electron chi connectivity index (χ4n) is 2.68. The second kappa shape index (κ2) is 9.33. The van der Waals surface area contributed by atoms with Crippen LogP contribution in [-0.2, 0) is 0 Å². The van der Waals surface area contributed by atoms with Crippen molar-refractivity contribution >= 4 is 17.5 Å². The fourth-order valence-corrected chi connectivity index (χ4v) is 2.94. The second-order valence-electron chi connectivity index (χ2n) is 5.65. The molecule has 0 aromatic heterocycles. The van der Waals surface area contributed by atoms with E-state index in [4.69, 9.17) is 21.1 Å². The molecule has 0 saturated heterocycles. The monoisotopic (exact) mass is 361 g/mol. The van der Waals surface area contributed by atoms with Crippen molar-refractivity contribution in [2.75, 3.05) is 20.3 Å². The molecule has 0 saturated carbocycles. The summed E-state index contributed by atoms with van der Waals surface area (Å²) in [5, 5.41) is 3.35. The lowest BCUT2D eigenvalue weighted by molar-refractivity contribution is 0.0950. The van der Waals surface area contributed by atoms with Crippen LogP contribution in [0.1, 0.15) is 42.1 Å². The van der Waals surface area contributed by atoms with Gasteiger partial charge in [-0.25, -0.2) is 0 Å². The van der Waals surface area contributed by atoms with Crippen LogP contribution in [0.5, 0.6) is 11.5 Å². The number of halogens is 1. The molecule has 4 nitrogen and oxygen atoms in total. The predicted octanol–water partition coefficient (Wildman–Crippen LogP) is 4.67. The molecule has 1 amide bonds. The molecule has 0 aliphatic heterocycles. The summed E-state index contributed by atoms with van der Waals surface area (Å²) in [7, 11) is 1.53. The van der Waals surface area contributed by atoms with Gasteiger partial charge in [0.25, 0.3) is 5.91 Å². The first-order valence-electron chi connectivity index (χ1n) is 8.44. The molecule has 1 unspecified atom stereocenters. The van der Waals surface area contributed by atoms with Gasteiger partial charge in [0.05, 0.1) is 18.7 Å². The largest absolute Gasteiger partial charge is 0.493 e. The van der Waals surface area contributed by atoms with Crippen LogP contribution in [0.2, 0.25) is 5.02 Å². The Hall–Kier alpha value is -2.20. The number of amides is 1. The van der Waals surface area contributed by atoms with Gasteiger partial charge in [0.2, 0.25) is 0 Å². The molecule has 0 fully saturated rings. The summed E-state index contributed by atoms with van der Waals surface area (Å²) < 4.78 is 10.8. The molecule has 0 aliphatic rings. The maximum Gasteiger partial charge on any atom is 0.251 e. The average Bonchev–Trinajstić information content (AvgIpc) is 2.64. The van der Waals surface area contributed by atoms with E-state index in [0.717, 1.165) is 6.42 Å². The number of carbonyl (C=O) groups excluding carboxylic acids is 1. The summed E-state index contributed by atoms with van der Waals surface area (Å²) in [6.45, 7) is 5.01. The summed E-state index contributed by atoms with van der Waals surface area (Å²) in [5.41, 5.74) is 1.67. The summed E-state index contributed by atoms with van der Waals surface area (Å²) in [6, 6.07) is 13.4. The molecule has 0 heterocycles. The number of ether oxygens (including phenoxy) is 2. The van der Waals surface area contributed by atoms with E-state index in [2.05, 4.69) is 24.4 Å². The molecule has 2 aromatic rings. The van der Waals surface area contributed by atoms with Crippen LogP contribution in [0.15, 0.2) is 42.5 Å². The molecular formula is C20H24ClNO3. The lowest BCUT2D eigenvalue weighted by atomic mass is 9.96. The maximum atomic E-state index is 12.5.